The smallest absolute Gasteiger partial charge is 0.335 e. The van der Waals surface area contributed by atoms with Gasteiger partial charge in [0.1, 0.15) is 30.2 Å². The molecule has 2 aromatic rings. The molecule has 0 aromatic carbocycles. The zero-order valence-electron chi connectivity index (χ0n) is 25.2. The van der Waals surface area contributed by atoms with Crippen LogP contribution in [0.5, 0.6) is 0 Å². The third-order valence-corrected chi connectivity index (χ3v) is 19.0. The van der Waals surface area contributed by atoms with E-state index in [-0.39, 0.29) is 34.6 Å². The summed E-state index contributed by atoms with van der Waals surface area (Å²) < 4.78 is 43.3. The molecule has 11 nitrogen and oxygen atoms in total. The monoisotopic (exact) mass is 593 g/mol. The molecule has 0 amide bonds. The lowest BCUT2D eigenvalue weighted by molar-refractivity contribution is -0.214. The van der Waals surface area contributed by atoms with Crippen molar-refractivity contribution in [1.82, 2.24) is 19.5 Å². The average molecular weight is 594 g/mol. The normalized spacial score (nSPS) is 30.8. The summed E-state index contributed by atoms with van der Waals surface area (Å²) in [7, 11) is -5.60. The minimum atomic E-state index is -2.89. The van der Waals surface area contributed by atoms with Crippen molar-refractivity contribution >= 4 is 34.1 Å². The third-order valence-electron chi connectivity index (χ3n) is 8.73. The highest BCUT2D eigenvalue weighted by atomic mass is 28.5. The minimum Gasteiger partial charge on any atom is -0.414 e. The number of fused-ring (bicyclic) bond motifs is 2. The van der Waals surface area contributed by atoms with Gasteiger partial charge in [-0.05, 0) is 41.4 Å². The molecule has 5 rings (SSSR count). The molecule has 2 N–H and O–H groups in total. The highest BCUT2D eigenvalue weighted by Crippen LogP contribution is 2.49. The lowest BCUT2D eigenvalue weighted by Gasteiger charge is -2.51. The number of nitrogen functional groups attached to an aromatic ring is 1. The van der Waals surface area contributed by atoms with Crippen LogP contribution in [0.3, 0.4) is 0 Å². The fourth-order valence-electron chi connectivity index (χ4n) is 6.54. The Bertz CT molecular complexity index is 1140. The number of nitrogens with two attached hydrogens (primary N) is 1. The Morgan fingerprint density at radius 2 is 1.65 bits per heavy atom. The molecule has 2 aromatic heterocycles. The zero-order valence-corrected chi connectivity index (χ0v) is 27.2. The Hall–Kier alpha value is -1.46. The predicted molar refractivity (Wildman–Crippen MR) is 156 cm³/mol. The second-order valence-corrected chi connectivity index (χ2v) is 21.4. The molecular weight excluding hydrogens is 546 g/mol. The van der Waals surface area contributed by atoms with Crippen molar-refractivity contribution < 1.29 is 27.2 Å². The van der Waals surface area contributed by atoms with Crippen LogP contribution >= 0.6 is 0 Å². The van der Waals surface area contributed by atoms with Crippen LogP contribution < -0.4 is 5.73 Å². The van der Waals surface area contributed by atoms with Gasteiger partial charge in [-0.2, -0.15) is 0 Å². The largest absolute Gasteiger partial charge is 0.414 e. The molecule has 3 saturated heterocycles. The van der Waals surface area contributed by atoms with E-state index in [1.807, 2.05) is 4.57 Å². The van der Waals surface area contributed by atoms with E-state index in [2.05, 4.69) is 70.3 Å². The van der Waals surface area contributed by atoms with Crippen LogP contribution in [0.1, 0.15) is 80.9 Å². The molecule has 3 aliphatic heterocycles. The molecule has 40 heavy (non-hydrogen) atoms. The Morgan fingerprint density at radius 3 is 2.27 bits per heavy atom. The Labute approximate surface area is 239 Å². The summed E-state index contributed by atoms with van der Waals surface area (Å²) in [6, 6.07) is 0. The van der Waals surface area contributed by atoms with Crippen molar-refractivity contribution in [3.05, 3.63) is 12.7 Å². The summed E-state index contributed by atoms with van der Waals surface area (Å²) in [4.78, 5) is 13.1. The molecule has 1 unspecified atom stereocenters. The topological polar surface area (TPSA) is 125 Å². The maximum atomic E-state index is 7.41. The van der Waals surface area contributed by atoms with Crippen LogP contribution in [0.4, 0.5) is 5.82 Å². The molecule has 0 bridgehead atoms. The van der Waals surface area contributed by atoms with Crippen LogP contribution in [0, 0.1) is 0 Å². The molecule has 13 heteroatoms. The van der Waals surface area contributed by atoms with E-state index in [9.17, 15) is 0 Å². The summed E-state index contributed by atoms with van der Waals surface area (Å²) in [5, 5.41) is 0. The standard InChI is InChI=1S/C27H47N5O6Si2/c1-16(2)39(17(3)4)34-13-20-23(37-40(38-39,18(5)6)19(7)8)24(36-21-11-9-10-12-33-21)27(35-20)32-15-31-22-25(28)29-14-30-26(22)32/h14-21,23-24,27H,9-13H2,1-8H3,(H2,28,29,30)/t20-,21?,23-,24-,27-/m1/s1. The molecule has 0 aliphatic carbocycles. The number of nitrogens with zero attached hydrogens (tertiary/aromatic N) is 4. The molecule has 0 radical (unpaired) electrons. The van der Waals surface area contributed by atoms with Crippen LogP contribution in [-0.4, -0.2) is 74.5 Å². The Morgan fingerprint density at radius 1 is 0.950 bits per heavy atom. The summed E-state index contributed by atoms with van der Waals surface area (Å²) in [5.41, 5.74) is 8.11. The number of anilines is 1. The van der Waals surface area contributed by atoms with E-state index in [0.717, 1.165) is 19.3 Å². The molecule has 5 atom stereocenters. The lowest BCUT2D eigenvalue weighted by Crippen LogP contribution is -2.66. The quantitative estimate of drug-likeness (QED) is 0.430. The van der Waals surface area contributed by atoms with Gasteiger partial charge in [-0.3, -0.25) is 4.57 Å². The molecule has 5 heterocycles. The van der Waals surface area contributed by atoms with E-state index < -0.39 is 35.6 Å². The molecular formula is C27H47N5O6Si2. The number of hydrogen-bond donors (Lipinski definition) is 1. The number of hydrogen-bond acceptors (Lipinski definition) is 10. The van der Waals surface area contributed by atoms with E-state index in [0.29, 0.717) is 30.2 Å². The van der Waals surface area contributed by atoms with Crippen molar-refractivity contribution in [1.29, 1.82) is 0 Å². The second-order valence-electron chi connectivity index (χ2n) is 12.6. The maximum Gasteiger partial charge on any atom is 0.335 e. The van der Waals surface area contributed by atoms with Crippen molar-refractivity contribution in [3.63, 3.8) is 0 Å². The SMILES string of the molecule is CC(C)[Si]1(C(C)C)OC[C@H]2O[C@@H](n3cnc4c(N)ncnc43)[C@H](OC3CCCCO3)[C@@H]2O[Si](C(C)C)(C(C)C)O1. The van der Waals surface area contributed by atoms with Crippen molar-refractivity contribution in [2.45, 2.75) is 128 Å². The summed E-state index contributed by atoms with van der Waals surface area (Å²) in [5.74, 6) is 0.324. The van der Waals surface area contributed by atoms with Gasteiger partial charge in [0.2, 0.25) is 0 Å². The fourth-order valence-corrected chi connectivity index (χ4v) is 17.7. The molecule has 0 saturated carbocycles. The first kappa shape index (κ1) is 30.0. The van der Waals surface area contributed by atoms with Crippen LogP contribution in [0.2, 0.25) is 22.2 Å². The first-order valence-electron chi connectivity index (χ1n) is 14.9. The van der Waals surface area contributed by atoms with Crippen LogP contribution in [-0.2, 0) is 27.2 Å². The summed E-state index contributed by atoms with van der Waals surface area (Å²) >= 11 is 0. The summed E-state index contributed by atoms with van der Waals surface area (Å²) in [6.45, 7) is 18.8. The van der Waals surface area contributed by atoms with Crippen molar-refractivity contribution in [2.75, 3.05) is 18.9 Å². The van der Waals surface area contributed by atoms with Crippen LogP contribution in [0.15, 0.2) is 12.7 Å². The third kappa shape index (κ3) is 5.17. The van der Waals surface area contributed by atoms with Gasteiger partial charge >= 0.3 is 17.1 Å². The number of ether oxygens (including phenoxy) is 3. The number of imidazole rings is 1. The Balaban J connectivity index is 1.60. The molecule has 0 spiro atoms. The fraction of sp³-hybridized carbons (Fsp3) is 0.815. The van der Waals surface area contributed by atoms with Gasteiger partial charge in [0.05, 0.1) is 12.9 Å². The molecule has 3 fully saturated rings. The van der Waals surface area contributed by atoms with Crippen molar-refractivity contribution in [3.8, 4) is 0 Å². The Kier molecular flexibility index (Phi) is 8.76. The summed E-state index contributed by atoms with van der Waals surface area (Å²) in [6.07, 6.45) is 3.85. The maximum absolute atomic E-state index is 7.41. The van der Waals surface area contributed by atoms with E-state index in [1.54, 1.807) is 6.33 Å². The van der Waals surface area contributed by atoms with Gasteiger partial charge in [-0.15, -0.1) is 0 Å². The van der Waals surface area contributed by atoms with Gasteiger partial charge in [-0.25, -0.2) is 15.0 Å². The highest BCUT2D eigenvalue weighted by molar-refractivity contribution is 6.84. The van der Waals surface area contributed by atoms with E-state index >= 15 is 0 Å². The number of aromatic nitrogens is 4. The lowest BCUT2D eigenvalue weighted by atomic mass is 10.1. The van der Waals surface area contributed by atoms with Gasteiger partial charge < -0.3 is 32.9 Å². The second kappa shape index (κ2) is 11.7. The highest BCUT2D eigenvalue weighted by Gasteiger charge is 2.62. The van der Waals surface area contributed by atoms with Crippen molar-refractivity contribution in [2.24, 2.45) is 0 Å². The van der Waals surface area contributed by atoms with E-state index in [4.69, 9.17) is 32.9 Å². The first-order chi connectivity index (χ1) is 19.0. The van der Waals surface area contributed by atoms with E-state index in [1.165, 1.54) is 6.33 Å². The molecule has 224 valence electrons. The van der Waals surface area contributed by atoms with Crippen LogP contribution in [0.25, 0.3) is 11.2 Å². The predicted octanol–water partition coefficient (Wildman–Crippen LogP) is 5.17. The zero-order chi connectivity index (χ0) is 28.8. The van der Waals surface area contributed by atoms with Gasteiger partial charge in [0.25, 0.3) is 0 Å². The average Bonchev–Trinajstić information content (AvgIpc) is 3.46. The van der Waals surface area contributed by atoms with Gasteiger partial charge in [0, 0.05) is 6.61 Å². The molecule has 3 aliphatic rings. The minimum absolute atomic E-state index is 0.187. The van der Waals surface area contributed by atoms with Gasteiger partial charge in [0.15, 0.2) is 24.0 Å². The van der Waals surface area contributed by atoms with Gasteiger partial charge in [-0.1, -0.05) is 55.4 Å². The first-order valence-corrected chi connectivity index (χ1v) is 18.8. The number of rotatable bonds is 7.